The number of rotatable bonds is 7. The van der Waals surface area contributed by atoms with Crippen LogP contribution in [-0.2, 0) is 11.0 Å². The first-order chi connectivity index (χ1) is 15.1. The molecule has 32 heavy (non-hydrogen) atoms. The lowest BCUT2D eigenvalue weighted by Crippen LogP contribution is -2.19. The topological polar surface area (TPSA) is 114 Å². The maximum atomic E-state index is 13.5. The number of nitro benzene ring substituents is 1. The Labute approximate surface area is 182 Å². The van der Waals surface area contributed by atoms with Crippen LogP contribution in [0.2, 0.25) is 0 Å². The first kappa shape index (κ1) is 22.9. The Morgan fingerprint density at radius 2 is 1.78 bits per heavy atom. The van der Waals surface area contributed by atoms with E-state index in [1.807, 2.05) is 0 Å². The lowest BCUT2D eigenvalue weighted by Gasteiger charge is -2.15. The van der Waals surface area contributed by atoms with E-state index in [1.165, 1.54) is 48.7 Å². The van der Waals surface area contributed by atoms with Crippen LogP contribution in [0, 0.1) is 10.1 Å². The van der Waals surface area contributed by atoms with Crippen LogP contribution in [0.25, 0.3) is 0 Å². The average Bonchev–Trinajstić information content (AvgIpc) is 3.28. The van der Waals surface area contributed by atoms with Gasteiger partial charge in [-0.15, -0.1) is 11.8 Å². The highest BCUT2D eigenvalue weighted by molar-refractivity contribution is 8.00. The molecule has 0 aliphatic rings. The predicted molar refractivity (Wildman–Crippen MR) is 111 cm³/mol. The van der Waals surface area contributed by atoms with E-state index in [4.69, 9.17) is 4.42 Å². The number of nitrogens with one attached hydrogen (secondary N) is 2. The van der Waals surface area contributed by atoms with E-state index >= 15 is 0 Å². The number of benzene rings is 2. The largest absolute Gasteiger partial charge is 0.459 e. The number of furan rings is 1. The number of hydrogen-bond donors (Lipinski definition) is 2. The molecule has 2 N–H and O–H groups in total. The molecule has 0 aliphatic carbocycles. The van der Waals surface area contributed by atoms with E-state index in [1.54, 1.807) is 0 Å². The van der Waals surface area contributed by atoms with Crippen LogP contribution in [0.4, 0.5) is 30.2 Å². The van der Waals surface area contributed by atoms with Crippen molar-refractivity contribution in [3.8, 4) is 0 Å². The second-order valence-corrected chi connectivity index (χ2v) is 7.33. The number of halogens is 3. The molecule has 0 saturated heterocycles. The minimum absolute atomic E-state index is 0.0702. The number of carbonyl (C=O) groups is 2. The van der Waals surface area contributed by atoms with E-state index in [9.17, 15) is 32.9 Å². The summed E-state index contributed by atoms with van der Waals surface area (Å²) in [4.78, 5) is 34.8. The predicted octanol–water partition coefficient (Wildman–Crippen LogP) is 5.19. The minimum Gasteiger partial charge on any atom is -0.459 e. The standard InChI is InChI=1S/C20H14F3N3O5S/c21-20(22,23)15-10-12(24-19(28)17-2-1-9-31-17)3-8-16(15)25-18(27)11-32-14-6-4-13(5-7-14)26(29)30/h1-10H,11H2,(H,24,28)(H,25,27). The second kappa shape index (κ2) is 9.56. The molecule has 1 aromatic heterocycles. The Balaban J connectivity index is 1.68. The summed E-state index contributed by atoms with van der Waals surface area (Å²) in [7, 11) is 0. The van der Waals surface area contributed by atoms with Gasteiger partial charge in [0, 0.05) is 22.7 Å². The highest BCUT2D eigenvalue weighted by Crippen LogP contribution is 2.37. The molecule has 0 atom stereocenters. The summed E-state index contributed by atoms with van der Waals surface area (Å²) < 4.78 is 45.4. The van der Waals surface area contributed by atoms with Gasteiger partial charge >= 0.3 is 6.18 Å². The highest BCUT2D eigenvalue weighted by atomic mass is 32.2. The van der Waals surface area contributed by atoms with Crippen molar-refractivity contribution in [2.75, 3.05) is 16.4 Å². The van der Waals surface area contributed by atoms with Crippen LogP contribution in [0.15, 0.2) is 70.2 Å². The van der Waals surface area contributed by atoms with E-state index < -0.39 is 34.2 Å². The quantitative estimate of drug-likeness (QED) is 0.282. The first-order valence-electron chi connectivity index (χ1n) is 8.86. The van der Waals surface area contributed by atoms with Crippen LogP contribution in [-0.4, -0.2) is 22.5 Å². The average molecular weight is 465 g/mol. The normalized spacial score (nSPS) is 11.1. The fourth-order valence-corrected chi connectivity index (χ4v) is 3.26. The van der Waals surface area contributed by atoms with Crippen molar-refractivity contribution in [3.05, 3.63) is 82.3 Å². The number of amides is 2. The van der Waals surface area contributed by atoms with Gasteiger partial charge in [-0.25, -0.2) is 0 Å². The number of thioether (sulfide) groups is 1. The highest BCUT2D eigenvalue weighted by Gasteiger charge is 2.34. The Morgan fingerprint density at radius 1 is 1.06 bits per heavy atom. The zero-order valence-corrected chi connectivity index (χ0v) is 16.8. The number of nitro groups is 1. The molecule has 0 unspecified atom stereocenters. The van der Waals surface area contributed by atoms with Crippen LogP contribution in [0.5, 0.6) is 0 Å². The lowest BCUT2D eigenvalue weighted by molar-refractivity contribution is -0.384. The molecule has 3 aromatic rings. The molecular formula is C20H14F3N3O5S. The molecule has 3 rings (SSSR count). The summed E-state index contributed by atoms with van der Waals surface area (Å²) in [5.74, 6) is -1.71. The van der Waals surface area contributed by atoms with Crippen LogP contribution < -0.4 is 10.6 Å². The van der Waals surface area contributed by atoms with Crippen molar-refractivity contribution in [2.24, 2.45) is 0 Å². The zero-order chi connectivity index (χ0) is 23.3. The molecule has 0 aliphatic heterocycles. The van der Waals surface area contributed by atoms with E-state index in [2.05, 4.69) is 10.6 Å². The van der Waals surface area contributed by atoms with Crippen LogP contribution in [0.3, 0.4) is 0 Å². The molecule has 12 heteroatoms. The summed E-state index contributed by atoms with van der Waals surface area (Å²) in [5.41, 5.74) is -1.85. The van der Waals surface area contributed by atoms with Crippen molar-refractivity contribution in [2.45, 2.75) is 11.1 Å². The second-order valence-electron chi connectivity index (χ2n) is 6.28. The minimum atomic E-state index is -4.79. The van der Waals surface area contributed by atoms with Gasteiger partial charge in [0.1, 0.15) is 0 Å². The fraction of sp³-hybridized carbons (Fsp3) is 0.100. The molecule has 2 aromatic carbocycles. The molecule has 0 saturated carbocycles. The van der Waals surface area contributed by atoms with Gasteiger partial charge in [-0.1, -0.05) is 0 Å². The first-order valence-corrected chi connectivity index (χ1v) is 9.85. The Morgan fingerprint density at radius 3 is 2.38 bits per heavy atom. The van der Waals surface area contributed by atoms with Gasteiger partial charge in [-0.3, -0.25) is 19.7 Å². The van der Waals surface area contributed by atoms with Crippen molar-refractivity contribution in [1.82, 2.24) is 0 Å². The number of anilines is 2. The Kier molecular flexibility index (Phi) is 6.83. The SMILES string of the molecule is O=C(CSc1ccc([N+](=O)[O-])cc1)Nc1ccc(NC(=O)c2ccco2)cc1C(F)(F)F. The molecule has 1 heterocycles. The third-order valence-corrected chi connectivity index (χ3v) is 5.03. The van der Waals surface area contributed by atoms with Gasteiger partial charge in [-0.2, -0.15) is 13.2 Å². The van der Waals surface area contributed by atoms with Gasteiger partial charge in [0.25, 0.3) is 11.6 Å². The molecule has 0 fully saturated rings. The van der Waals surface area contributed by atoms with E-state index in [-0.39, 0.29) is 22.9 Å². The Bertz CT molecular complexity index is 1130. The number of non-ortho nitro benzene ring substituents is 1. The number of alkyl halides is 3. The fourth-order valence-electron chi connectivity index (χ4n) is 2.57. The van der Waals surface area contributed by atoms with Gasteiger partial charge in [-0.05, 0) is 42.5 Å². The number of hydrogen-bond acceptors (Lipinski definition) is 6. The molecule has 0 spiro atoms. The summed E-state index contributed by atoms with van der Waals surface area (Å²) >= 11 is 1.01. The van der Waals surface area contributed by atoms with Crippen LogP contribution >= 0.6 is 11.8 Å². The van der Waals surface area contributed by atoms with Gasteiger partial charge in [0.2, 0.25) is 5.91 Å². The molecule has 0 radical (unpaired) electrons. The number of carbonyl (C=O) groups excluding carboxylic acids is 2. The van der Waals surface area contributed by atoms with Gasteiger partial charge < -0.3 is 15.1 Å². The van der Waals surface area contributed by atoms with E-state index in [0.717, 1.165) is 17.8 Å². The van der Waals surface area contributed by atoms with Gasteiger partial charge in [0.05, 0.1) is 28.2 Å². The van der Waals surface area contributed by atoms with Crippen molar-refractivity contribution in [1.29, 1.82) is 0 Å². The van der Waals surface area contributed by atoms with Crippen molar-refractivity contribution >= 4 is 40.6 Å². The zero-order valence-electron chi connectivity index (χ0n) is 16.0. The third kappa shape index (κ3) is 5.88. The smallest absolute Gasteiger partial charge is 0.418 e. The maximum Gasteiger partial charge on any atom is 0.418 e. The monoisotopic (exact) mass is 465 g/mol. The summed E-state index contributed by atoms with van der Waals surface area (Å²) in [6.07, 6.45) is -3.54. The van der Waals surface area contributed by atoms with Gasteiger partial charge in [0.15, 0.2) is 5.76 Å². The molecule has 8 nitrogen and oxygen atoms in total. The molecule has 166 valence electrons. The van der Waals surface area contributed by atoms with Crippen LogP contribution in [0.1, 0.15) is 16.1 Å². The molecule has 2 amide bonds. The summed E-state index contributed by atoms with van der Waals surface area (Å²) in [6, 6.07) is 11.2. The maximum absolute atomic E-state index is 13.5. The van der Waals surface area contributed by atoms with Crippen molar-refractivity contribution < 1.29 is 32.1 Å². The van der Waals surface area contributed by atoms with Crippen molar-refractivity contribution in [3.63, 3.8) is 0 Å². The molecule has 0 bridgehead atoms. The van der Waals surface area contributed by atoms with E-state index in [0.29, 0.717) is 11.0 Å². The molecular weight excluding hydrogens is 451 g/mol. The lowest BCUT2D eigenvalue weighted by atomic mass is 10.1. The Hall–Kier alpha value is -3.80. The third-order valence-electron chi connectivity index (χ3n) is 4.02. The summed E-state index contributed by atoms with van der Waals surface area (Å²) in [5, 5.41) is 15.2. The summed E-state index contributed by atoms with van der Waals surface area (Å²) in [6.45, 7) is 0. The number of nitrogens with zero attached hydrogens (tertiary/aromatic N) is 1.